The van der Waals surface area contributed by atoms with Gasteiger partial charge in [0.15, 0.2) is 11.6 Å². The summed E-state index contributed by atoms with van der Waals surface area (Å²) in [5.74, 6) is -1.97. The Bertz CT molecular complexity index is 733. The molecule has 0 N–H and O–H groups in total. The number of hydrogen-bond acceptors (Lipinski definition) is 1. The van der Waals surface area contributed by atoms with Gasteiger partial charge in [0, 0.05) is 29.6 Å². The van der Waals surface area contributed by atoms with Gasteiger partial charge in [-0.1, -0.05) is 30.2 Å². The Morgan fingerprint density at radius 3 is 2.50 bits per heavy atom. The van der Waals surface area contributed by atoms with Gasteiger partial charge in [-0.15, -0.1) is 0 Å². The molecule has 1 aliphatic rings. The molecule has 0 radical (unpaired) electrons. The Morgan fingerprint density at radius 1 is 1.04 bits per heavy atom. The fourth-order valence-electron chi connectivity index (χ4n) is 3.15. The van der Waals surface area contributed by atoms with Crippen molar-refractivity contribution in [1.29, 1.82) is 0 Å². The topological polar surface area (TPSA) is 20.3 Å². The van der Waals surface area contributed by atoms with Crippen molar-refractivity contribution in [2.45, 2.75) is 25.2 Å². The van der Waals surface area contributed by atoms with Crippen LogP contribution in [-0.2, 0) is 0 Å². The number of carbonyl (C=O) groups excluding carboxylic acids is 1. The Balaban J connectivity index is 1.80. The summed E-state index contributed by atoms with van der Waals surface area (Å²) in [6.07, 6.45) is 2.91. The first-order valence-electron chi connectivity index (χ1n) is 8.04. The molecular formula is C19H18ClF2NO. The maximum Gasteiger partial charge on any atom is 0.253 e. The van der Waals surface area contributed by atoms with Crippen LogP contribution in [0.4, 0.5) is 8.78 Å². The number of amides is 1. The van der Waals surface area contributed by atoms with Crippen LogP contribution in [0.1, 0.15) is 41.1 Å². The molecule has 2 nitrogen and oxygen atoms in total. The van der Waals surface area contributed by atoms with Crippen LogP contribution in [0.2, 0.25) is 5.02 Å². The van der Waals surface area contributed by atoms with Gasteiger partial charge >= 0.3 is 0 Å². The number of rotatable bonds is 2. The summed E-state index contributed by atoms with van der Waals surface area (Å²) in [4.78, 5) is 14.4. The minimum atomic E-state index is -0.995. The predicted molar refractivity (Wildman–Crippen MR) is 90.3 cm³/mol. The smallest absolute Gasteiger partial charge is 0.253 e. The fraction of sp³-hybridized carbons (Fsp3) is 0.316. The Hall–Kier alpha value is -1.94. The normalized spacial score (nSPS) is 18.3. The summed E-state index contributed by atoms with van der Waals surface area (Å²) in [6, 6.07) is 11.0. The number of likely N-dealkylation sites (tertiary alicyclic amines) is 1. The molecule has 126 valence electrons. The molecule has 1 aliphatic heterocycles. The van der Waals surface area contributed by atoms with Gasteiger partial charge in [0.25, 0.3) is 5.91 Å². The second-order valence-corrected chi connectivity index (χ2v) is 6.56. The van der Waals surface area contributed by atoms with Crippen molar-refractivity contribution in [2.75, 3.05) is 13.1 Å². The standard InChI is InChI=1S/C19H18ClF2NO/c20-16-7-4-13(5-8-16)15-3-1-2-10-23(12-15)19(24)14-6-9-17(21)18(22)11-14/h4-9,11,15H,1-3,10,12H2/t15-/m1/s1. The molecule has 24 heavy (non-hydrogen) atoms. The van der Waals surface area contributed by atoms with Gasteiger partial charge in [-0.25, -0.2) is 8.78 Å². The van der Waals surface area contributed by atoms with Gasteiger partial charge in [0.1, 0.15) is 0 Å². The molecule has 1 saturated heterocycles. The maximum absolute atomic E-state index is 13.4. The zero-order valence-corrected chi connectivity index (χ0v) is 13.9. The van der Waals surface area contributed by atoms with Crippen LogP contribution in [0.5, 0.6) is 0 Å². The summed E-state index contributed by atoms with van der Waals surface area (Å²) in [6.45, 7) is 1.20. The van der Waals surface area contributed by atoms with Gasteiger partial charge in [-0.3, -0.25) is 4.79 Å². The lowest BCUT2D eigenvalue weighted by atomic mass is 9.94. The van der Waals surface area contributed by atoms with Crippen LogP contribution in [-0.4, -0.2) is 23.9 Å². The quantitative estimate of drug-likeness (QED) is 0.744. The molecule has 0 spiro atoms. The number of benzene rings is 2. The van der Waals surface area contributed by atoms with Gasteiger partial charge in [0.2, 0.25) is 0 Å². The Labute approximate surface area is 145 Å². The van der Waals surface area contributed by atoms with E-state index >= 15 is 0 Å². The molecule has 2 aromatic rings. The molecule has 1 amide bonds. The highest BCUT2D eigenvalue weighted by Gasteiger charge is 2.24. The number of hydrogen-bond donors (Lipinski definition) is 0. The molecule has 2 aromatic carbocycles. The zero-order chi connectivity index (χ0) is 17.1. The molecular weight excluding hydrogens is 332 g/mol. The van der Waals surface area contributed by atoms with Crippen LogP contribution < -0.4 is 0 Å². The van der Waals surface area contributed by atoms with Gasteiger partial charge in [-0.05, 0) is 48.7 Å². The van der Waals surface area contributed by atoms with E-state index in [9.17, 15) is 13.6 Å². The summed E-state index contributed by atoms with van der Waals surface area (Å²) in [7, 11) is 0. The molecule has 0 aromatic heterocycles. The fourth-order valence-corrected chi connectivity index (χ4v) is 3.27. The molecule has 0 unspecified atom stereocenters. The van der Waals surface area contributed by atoms with E-state index in [0.717, 1.165) is 37.0 Å². The molecule has 1 heterocycles. The third kappa shape index (κ3) is 3.75. The molecule has 0 saturated carbocycles. The van der Waals surface area contributed by atoms with Crippen molar-refractivity contribution in [3.8, 4) is 0 Å². The van der Waals surface area contributed by atoms with Crippen molar-refractivity contribution >= 4 is 17.5 Å². The van der Waals surface area contributed by atoms with Crippen molar-refractivity contribution in [3.05, 3.63) is 70.2 Å². The second kappa shape index (κ2) is 7.31. The van der Waals surface area contributed by atoms with Crippen molar-refractivity contribution in [2.24, 2.45) is 0 Å². The largest absolute Gasteiger partial charge is 0.338 e. The summed E-state index contributed by atoms with van der Waals surface area (Å²) in [5, 5.41) is 0.682. The van der Waals surface area contributed by atoms with Crippen molar-refractivity contribution in [1.82, 2.24) is 4.90 Å². The molecule has 3 rings (SSSR count). The number of halogens is 3. The third-order valence-corrected chi connectivity index (χ3v) is 4.72. The van der Waals surface area contributed by atoms with Crippen LogP contribution >= 0.6 is 11.6 Å². The average Bonchev–Trinajstić information content (AvgIpc) is 2.83. The van der Waals surface area contributed by atoms with Crippen LogP contribution in [0.15, 0.2) is 42.5 Å². The van der Waals surface area contributed by atoms with Crippen LogP contribution in [0.3, 0.4) is 0 Å². The van der Waals surface area contributed by atoms with Gasteiger partial charge < -0.3 is 4.90 Å². The maximum atomic E-state index is 13.4. The lowest BCUT2D eigenvalue weighted by molar-refractivity contribution is 0.0754. The summed E-state index contributed by atoms with van der Waals surface area (Å²) in [5.41, 5.74) is 1.33. The SMILES string of the molecule is O=C(c1ccc(F)c(F)c1)N1CCCC[C@@H](c2ccc(Cl)cc2)C1. The van der Waals surface area contributed by atoms with Crippen LogP contribution in [0, 0.1) is 11.6 Å². The minimum Gasteiger partial charge on any atom is -0.338 e. The summed E-state index contributed by atoms with van der Waals surface area (Å²) >= 11 is 5.94. The molecule has 1 atom stereocenters. The van der Waals surface area contributed by atoms with E-state index in [-0.39, 0.29) is 17.4 Å². The second-order valence-electron chi connectivity index (χ2n) is 6.12. The van der Waals surface area contributed by atoms with Gasteiger partial charge in [-0.2, -0.15) is 0 Å². The van der Waals surface area contributed by atoms with E-state index < -0.39 is 11.6 Å². The molecule has 0 aliphatic carbocycles. The lowest BCUT2D eigenvalue weighted by Gasteiger charge is -2.25. The zero-order valence-electron chi connectivity index (χ0n) is 13.1. The number of carbonyl (C=O) groups is 1. The first-order chi connectivity index (χ1) is 11.5. The predicted octanol–water partition coefficient (Wildman–Crippen LogP) is 5.03. The highest BCUT2D eigenvalue weighted by atomic mass is 35.5. The van der Waals surface area contributed by atoms with E-state index in [4.69, 9.17) is 11.6 Å². The van der Waals surface area contributed by atoms with Crippen LogP contribution in [0.25, 0.3) is 0 Å². The first-order valence-corrected chi connectivity index (χ1v) is 8.42. The third-order valence-electron chi connectivity index (χ3n) is 4.47. The summed E-state index contributed by atoms with van der Waals surface area (Å²) < 4.78 is 26.5. The average molecular weight is 350 g/mol. The van der Waals surface area contributed by atoms with E-state index in [2.05, 4.69) is 0 Å². The highest BCUT2D eigenvalue weighted by molar-refractivity contribution is 6.30. The highest BCUT2D eigenvalue weighted by Crippen LogP contribution is 2.28. The van der Waals surface area contributed by atoms with E-state index in [1.54, 1.807) is 4.90 Å². The Morgan fingerprint density at radius 2 is 1.79 bits per heavy atom. The van der Waals surface area contributed by atoms with E-state index in [1.165, 1.54) is 6.07 Å². The van der Waals surface area contributed by atoms with Crippen molar-refractivity contribution in [3.63, 3.8) is 0 Å². The first kappa shape index (κ1) is 16.9. The minimum absolute atomic E-state index is 0.186. The molecule has 5 heteroatoms. The van der Waals surface area contributed by atoms with Crippen molar-refractivity contribution < 1.29 is 13.6 Å². The lowest BCUT2D eigenvalue weighted by Crippen LogP contribution is -2.34. The number of nitrogens with zero attached hydrogens (tertiary/aromatic N) is 1. The Kier molecular flexibility index (Phi) is 5.14. The van der Waals surface area contributed by atoms with Gasteiger partial charge in [0.05, 0.1) is 0 Å². The molecule has 1 fully saturated rings. The van der Waals surface area contributed by atoms with E-state index in [0.29, 0.717) is 18.1 Å². The van der Waals surface area contributed by atoms with E-state index in [1.807, 2.05) is 24.3 Å². The molecule has 0 bridgehead atoms. The monoisotopic (exact) mass is 349 g/mol.